The fourth-order valence-corrected chi connectivity index (χ4v) is 13.3. The van der Waals surface area contributed by atoms with Gasteiger partial charge in [0.1, 0.15) is 5.58 Å². The summed E-state index contributed by atoms with van der Waals surface area (Å²) in [5.41, 5.74) is 22.3. The Labute approximate surface area is 379 Å². The second-order valence-electron chi connectivity index (χ2n) is 25.3. The van der Waals surface area contributed by atoms with Crippen molar-refractivity contribution >= 4 is 57.2 Å². The predicted molar refractivity (Wildman–Crippen MR) is 269 cm³/mol. The molecule has 0 radical (unpaired) electrons. The van der Waals surface area contributed by atoms with E-state index in [9.17, 15) is 0 Å². The van der Waals surface area contributed by atoms with Gasteiger partial charge < -0.3 is 14.2 Å². The molecule has 0 spiro atoms. The van der Waals surface area contributed by atoms with E-state index in [-0.39, 0.29) is 39.2 Å². The monoisotopic (exact) mass is 835 g/mol. The van der Waals surface area contributed by atoms with E-state index in [1.54, 1.807) is 5.57 Å². The van der Waals surface area contributed by atoms with Gasteiger partial charge in [-0.2, -0.15) is 0 Å². The zero-order valence-corrected chi connectivity index (χ0v) is 41.0. The molecule has 63 heavy (non-hydrogen) atoms. The molecule has 1 aromatic heterocycles. The molecule has 4 heteroatoms. The van der Waals surface area contributed by atoms with Crippen LogP contribution in [0.1, 0.15) is 176 Å². The first-order valence-electron chi connectivity index (χ1n) is 24.5. The molecule has 4 aromatic carbocycles. The van der Waals surface area contributed by atoms with Crippen LogP contribution in [-0.2, 0) is 21.7 Å². The van der Waals surface area contributed by atoms with Crippen LogP contribution in [0.4, 0.5) is 28.4 Å². The molecule has 3 nitrogen and oxygen atoms in total. The van der Waals surface area contributed by atoms with Crippen molar-refractivity contribution in [3.05, 3.63) is 123 Å². The summed E-state index contributed by atoms with van der Waals surface area (Å²) < 4.78 is 7.46. The van der Waals surface area contributed by atoms with Gasteiger partial charge in [-0.05, 0) is 177 Å². The van der Waals surface area contributed by atoms with Gasteiger partial charge in [0.2, 0.25) is 0 Å². The largest absolute Gasteiger partial charge is 0.468 e. The topological polar surface area (TPSA) is 19.6 Å². The van der Waals surface area contributed by atoms with Crippen LogP contribution >= 0.6 is 0 Å². The van der Waals surface area contributed by atoms with Gasteiger partial charge in [0.15, 0.2) is 0 Å². The highest BCUT2D eigenvalue weighted by Gasteiger charge is 2.53. The first-order chi connectivity index (χ1) is 29.5. The number of benzene rings is 4. The molecule has 1 fully saturated rings. The van der Waals surface area contributed by atoms with Crippen molar-refractivity contribution in [3.8, 4) is 0 Å². The maximum atomic E-state index is 7.46. The summed E-state index contributed by atoms with van der Waals surface area (Å²) in [6.07, 6.45) is 11.0. The van der Waals surface area contributed by atoms with Gasteiger partial charge in [0, 0.05) is 33.8 Å². The van der Waals surface area contributed by atoms with Crippen LogP contribution in [0.25, 0.3) is 11.0 Å². The van der Waals surface area contributed by atoms with E-state index in [0.717, 1.165) is 17.7 Å². The summed E-state index contributed by atoms with van der Waals surface area (Å²) in [6, 6.07) is 29.2. The minimum atomic E-state index is -0.00342. The molecule has 2 aliphatic heterocycles. The number of hydrogen-bond donors (Lipinski definition) is 0. The lowest BCUT2D eigenvalue weighted by Gasteiger charge is -2.53. The number of fused-ring (bicyclic) bond motifs is 8. The Kier molecular flexibility index (Phi) is 8.59. The van der Waals surface area contributed by atoms with Crippen molar-refractivity contribution in [1.29, 1.82) is 0 Å². The van der Waals surface area contributed by atoms with Gasteiger partial charge in [-0.1, -0.05) is 132 Å². The van der Waals surface area contributed by atoms with Gasteiger partial charge in [-0.15, -0.1) is 0 Å². The molecule has 4 aliphatic carbocycles. The number of anilines is 5. The Morgan fingerprint density at radius 3 is 2.02 bits per heavy atom. The fourth-order valence-electron chi connectivity index (χ4n) is 13.3. The van der Waals surface area contributed by atoms with Crippen LogP contribution in [0.5, 0.6) is 0 Å². The first kappa shape index (κ1) is 41.3. The Hall–Kier alpha value is -4.44. The molecular formula is C59H71BN2O. The average molecular weight is 835 g/mol. The summed E-state index contributed by atoms with van der Waals surface area (Å²) in [5.74, 6) is 1.03. The van der Waals surface area contributed by atoms with Gasteiger partial charge in [-0.3, -0.25) is 0 Å². The van der Waals surface area contributed by atoms with Crippen LogP contribution in [0.15, 0.2) is 100 Å². The fraction of sp³-hybridized carbons (Fsp3) is 0.492. The van der Waals surface area contributed by atoms with E-state index in [0.29, 0.717) is 11.8 Å². The minimum absolute atomic E-state index is 0.0000764. The summed E-state index contributed by atoms with van der Waals surface area (Å²) >= 11 is 0. The van der Waals surface area contributed by atoms with Crippen LogP contribution in [0.2, 0.25) is 0 Å². The third kappa shape index (κ3) is 5.97. The van der Waals surface area contributed by atoms with E-state index in [1.165, 1.54) is 117 Å². The normalized spacial score (nSPS) is 24.5. The molecule has 3 heterocycles. The zero-order chi connectivity index (χ0) is 44.6. The predicted octanol–water partition coefficient (Wildman–Crippen LogP) is 15.4. The zero-order valence-electron chi connectivity index (χ0n) is 41.0. The van der Waals surface area contributed by atoms with Gasteiger partial charge in [0.05, 0.1) is 11.3 Å². The van der Waals surface area contributed by atoms with Crippen molar-refractivity contribution in [2.45, 2.75) is 169 Å². The minimum Gasteiger partial charge on any atom is -0.468 e. The van der Waals surface area contributed by atoms with Crippen molar-refractivity contribution in [1.82, 2.24) is 0 Å². The molecule has 326 valence electrons. The average Bonchev–Trinajstić information content (AvgIpc) is 3.60. The second kappa shape index (κ2) is 13.1. The molecule has 2 atom stereocenters. The Morgan fingerprint density at radius 1 is 0.651 bits per heavy atom. The number of hydrogen-bond acceptors (Lipinski definition) is 3. The molecule has 0 N–H and O–H groups in total. The Morgan fingerprint density at radius 2 is 1.29 bits per heavy atom. The highest BCUT2D eigenvalue weighted by molar-refractivity contribution is 6.94. The molecule has 1 saturated carbocycles. The quantitative estimate of drug-likeness (QED) is 0.165. The van der Waals surface area contributed by atoms with E-state index in [2.05, 4.69) is 186 Å². The molecule has 2 unspecified atom stereocenters. The lowest BCUT2D eigenvalue weighted by atomic mass is 9.32. The van der Waals surface area contributed by atoms with Gasteiger partial charge in [0.25, 0.3) is 6.71 Å². The highest BCUT2D eigenvalue weighted by Crippen LogP contribution is 2.60. The number of furan rings is 1. The van der Waals surface area contributed by atoms with E-state index in [4.69, 9.17) is 4.42 Å². The smallest absolute Gasteiger partial charge is 0.293 e. The third-order valence-corrected chi connectivity index (χ3v) is 17.9. The van der Waals surface area contributed by atoms with Gasteiger partial charge in [-0.25, -0.2) is 0 Å². The molecule has 6 aliphatic rings. The summed E-state index contributed by atoms with van der Waals surface area (Å²) in [6.45, 7) is 34.3. The maximum Gasteiger partial charge on any atom is 0.293 e. The molecule has 5 aromatic rings. The number of rotatable bonds is 2. The molecule has 0 bridgehead atoms. The second-order valence-corrected chi connectivity index (χ2v) is 25.3. The van der Waals surface area contributed by atoms with Crippen LogP contribution in [0.3, 0.4) is 0 Å². The van der Waals surface area contributed by atoms with Gasteiger partial charge >= 0.3 is 0 Å². The summed E-state index contributed by atoms with van der Waals surface area (Å²) in [7, 11) is 0. The summed E-state index contributed by atoms with van der Waals surface area (Å²) in [5, 5.41) is 1.22. The third-order valence-electron chi connectivity index (χ3n) is 17.9. The standard InChI is InChI=1S/C59H71BN2O/c1-35-24-25-55(5,6)42-31-37(19-21-39(35)42)61-47-16-15-17-48-51(47)60(46-33-44-45(34-49(46)61)59(13,14)29-28-58(44,11)12)53-52(40-30-36(54(2,3)4)18-23-50(40)63-53)62(48)38-20-22-41-43(32-38)57(9,10)27-26-56(41,7)8/h15-23,30-32,34-35,44H,24-29,33H2,1-14H3. The number of nitrogens with zero attached hydrogens (tertiary/aromatic N) is 2. The van der Waals surface area contributed by atoms with Crippen LogP contribution < -0.4 is 20.9 Å². The molecule has 0 saturated heterocycles. The SMILES string of the molecule is CC1CCC(C)(C)c2cc(N3C4=C(CC5C(=C4)C(C)(C)CCC5(C)C)B4c5oc6ccc(C(C)(C)C)cc6c5N(c5ccc6c(c5)C(C)(C)CCC6(C)C)c5cccc3c54)ccc21. The Balaban J connectivity index is 1.23. The Bertz CT molecular complexity index is 2830. The first-order valence-corrected chi connectivity index (χ1v) is 24.5. The van der Waals surface area contributed by atoms with E-state index >= 15 is 0 Å². The van der Waals surface area contributed by atoms with Crippen molar-refractivity contribution in [2.24, 2.45) is 16.7 Å². The lowest BCUT2D eigenvalue weighted by Crippen LogP contribution is -2.57. The molecule has 0 amide bonds. The molecule has 11 rings (SSSR count). The van der Waals surface area contributed by atoms with Crippen LogP contribution in [0, 0.1) is 16.7 Å². The maximum absolute atomic E-state index is 7.46. The summed E-state index contributed by atoms with van der Waals surface area (Å²) in [4.78, 5) is 5.32. The van der Waals surface area contributed by atoms with E-state index < -0.39 is 0 Å². The van der Waals surface area contributed by atoms with E-state index in [1.807, 2.05) is 0 Å². The van der Waals surface area contributed by atoms with Crippen molar-refractivity contribution < 1.29 is 4.42 Å². The number of allylic oxidation sites excluding steroid dienone is 3. The van der Waals surface area contributed by atoms with Crippen LogP contribution in [-0.4, -0.2) is 6.71 Å². The van der Waals surface area contributed by atoms with Crippen molar-refractivity contribution in [3.63, 3.8) is 0 Å². The molecular weight excluding hydrogens is 763 g/mol. The van der Waals surface area contributed by atoms with Crippen molar-refractivity contribution in [2.75, 3.05) is 9.80 Å². The highest BCUT2D eigenvalue weighted by atomic mass is 16.3. The lowest BCUT2D eigenvalue weighted by molar-refractivity contribution is 0.122.